The first-order valence-corrected chi connectivity index (χ1v) is 17.0. The molecule has 47 heavy (non-hydrogen) atoms. The van der Waals surface area contributed by atoms with E-state index in [9.17, 15) is 32.7 Å². The van der Waals surface area contributed by atoms with Crippen molar-refractivity contribution in [3.05, 3.63) is 88.1 Å². The summed E-state index contributed by atoms with van der Waals surface area (Å²) in [5.41, 5.74) is -1.69. The SMILES string of the molecule is CC(C)(C)C(=O)Oc1c(C(=O)N(CCCO)CCS(=O)(=O)c2ccccc2)nc([C@@H]2CCCN2C(=O)OCc2ccccc2)[nH]c1=O. The molecule has 2 amide bonds. The highest BCUT2D eigenvalue weighted by Crippen LogP contribution is 2.31. The summed E-state index contributed by atoms with van der Waals surface area (Å²) in [6, 6.07) is 16.1. The number of nitrogens with one attached hydrogen (secondary N) is 1. The average molecular weight is 669 g/mol. The highest BCUT2D eigenvalue weighted by Gasteiger charge is 2.36. The van der Waals surface area contributed by atoms with Gasteiger partial charge in [0, 0.05) is 26.2 Å². The second kappa shape index (κ2) is 15.4. The van der Waals surface area contributed by atoms with Crippen LogP contribution in [-0.4, -0.2) is 83.3 Å². The van der Waals surface area contributed by atoms with Gasteiger partial charge in [-0.25, -0.2) is 18.2 Å². The maximum absolute atomic E-state index is 14.1. The predicted octanol–water partition coefficient (Wildman–Crippen LogP) is 3.49. The standard InChI is InChI=1S/C33H40N4O9S/c1-33(2,3)31(41)46-27-26(30(40)36(17-11-20-38)19-21-47(43,44)24-14-8-5-9-15-24)34-28(35-29(27)39)25-16-10-18-37(25)32(42)45-22-23-12-6-4-7-13-23/h4-9,12-15,25,38H,10-11,16-22H2,1-3H3,(H,34,35,39)/t25-/m0/s1. The number of carbonyl (C=O) groups is 3. The monoisotopic (exact) mass is 668 g/mol. The van der Waals surface area contributed by atoms with Crippen molar-refractivity contribution < 1.29 is 37.4 Å². The molecule has 0 bridgehead atoms. The van der Waals surface area contributed by atoms with Crippen molar-refractivity contribution >= 4 is 27.8 Å². The van der Waals surface area contributed by atoms with E-state index in [1.165, 1.54) is 17.0 Å². The largest absolute Gasteiger partial charge is 0.445 e. The van der Waals surface area contributed by atoms with E-state index in [-0.39, 0.29) is 43.4 Å². The van der Waals surface area contributed by atoms with Crippen molar-refractivity contribution in [2.75, 3.05) is 32.0 Å². The Bertz CT molecular complexity index is 1720. The quantitative estimate of drug-likeness (QED) is 0.272. The summed E-state index contributed by atoms with van der Waals surface area (Å²) in [5, 5.41) is 9.52. The highest BCUT2D eigenvalue weighted by molar-refractivity contribution is 7.91. The molecule has 4 rings (SSSR count). The molecule has 0 unspecified atom stereocenters. The number of rotatable bonds is 12. The van der Waals surface area contributed by atoms with Crippen molar-refractivity contribution in [3.63, 3.8) is 0 Å². The lowest BCUT2D eigenvalue weighted by Gasteiger charge is -2.26. The number of likely N-dealkylation sites (tertiary alicyclic amines) is 1. The van der Waals surface area contributed by atoms with Gasteiger partial charge >= 0.3 is 12.1 Å². The Morgan fingerprint density at radius 2 is 1.70 bits per heavy atom. The summed E-state index contributed by atoms with van der Waals surface area (Å²) in [5.74, 6) is -2.78. The van der Waals surface area contributed by atoms with E-state index in [0.29, 0.717) is 19.4 Å². The number of ether oxygens (including phenoxy) is 2. The molecule has 3 aromatic rings. The van der Waals surface area contributed by atoms with Gasteiger partial charge in [0.05, 0.1) is 22.1 Å². The summed E-state index contributed by atoms with van der Waals surface area (Å²) >= 11 is 0. The van der Waals surface area contributed by atoms with Crippen LogP contribution in [0.25, 0.3) is 0 Å². The van der Waals surface area contributed by atoms with Gasteiger partial charge in [0.15, 0.2) is 15.5 Å². The number of amides is 2. The minimum absolute atomic E-state index is 0.0120. The minimum Gasteiger partial charge on any atom is -0.445 e. The van der Waals surface area contributed by atoms with Crippen LogP contribution in [0.2, 0.25) is 0 Å². The lowest BCUT2D eigenvalue weighted by Crippen LogP contribution is -2.39. The van der Waals surface area contributed by atoms with Gasteiger partial charge in [-0.3, -0.25) is 19.3 Å². The van der Waals surface area contributed by atoms with Crippen molar-refractivity contribution in [1.29, 1.82) is 0 Å². The Balaban J connectivity index is 1.68. The molecule has 1 aliphatic heterocycles. The van der Waals surface area contributed by atoms with Gasteiger partial charge in [0.2, 0.25) is 5.75 Å². The topological polar surface area (TPSA) is 176 Å². The van der Waals surface area contributed by atoms with Gasteiger partial charge in [-0.05, 0) is 57.7 Å². The van der Waals surface area contributed by atoms with Gasteiger partial charge in [-0.2, -0.15) is 0 Å². The number of nitrogens with zero attached hydrogens (tertiary/aromatic N) is 3. The molecule has 1 aliphatic rings. The van der Waals surface area contributed by atoms with E-state index in [2.05, 4.69) is 9.97 Å². The number of aromatic amines is 1. The molecule has 1 fully saturated rings. The summed E-state index contributed by atoms with van der Waals surface area (Å²) in [4.78, 5) is 63.2. The Kier molecular flexibility index (Phi) is 11.5. The number of H-pyrrole nitrogens is 1. The number of esters is 1. The number of aliphatic hydroxyl groups excluding tert-OH is 1. The van der Waals surface area contributed by atoms with E-state index in [4.69, 9.17) is 9.47 Å². The first kappa shape index (κ1) is 35.3. The van der Waals surface area contributed by atoms with Crippen LogP contribution in [0.15, 0.2) is 70.4 Å². The summed E-state index contributed by atoms with van der Waals surface area (Å²) < 4.78 is 37.0. The third kappa shape index (κ3) is 9.04. The number of sulfone groups is 1. The van der Waals surface area contributed by atoms with Gasteiger partial charge in [-0.15, -0.1) is 0 Å². The van der Waals surface area contributed by atoms with E-state index < -0.39 is 62.0 Å². The smallest absolute Gasteiger partial charge is 0.410 e. The fraction of sp³-hybridized carbons (Fsp3) is 0.424. The number of hydrogen-bond acceptors (Lipinski definition) is 10. The van der Waals surface area contributed by atoms with Gasteiger partial charge in [0.25, 0.3) is 11.5 Å². The molecule has 0 aliphatic carbocycles. The Morgan fingerprint density at radius 3 is 2.34 bits per heavy atom. The molecular formula is C33H40N4O9S. The number of aliphatic hydroxyl groups is 1. The second-order valence-corrected chi connectivity index (χ2v) is 14.3. The molecule has 2 N–H and O–H groups in total. The van der Waals surface area contributed by atoms with Crippen molar-refractivity contribution in [1.82, 2.24) is 19.8 Å². The highest BCUT2D eigenvalue weighted by atomic mass is 32.2. The molecule has 1 atom stereocenters. The van der Waals surface area contributed by atoms with Crippen LogP contribution in [0.5, 0.6) is 5.75 Å². The van der Waals surface area contributed by atoms with Gasteiger partial charge in [-0.1, -0.05) is 48.5 Å². The number of hydrogen-bond donors (Lipinski definition) is 2. The zero-order valence-corrected chi connectivity index (χ0v) is 27.5. The third-order valence-corrected chi connectivity index (χ3v) is 9.23. The second-order valence-electron chi connectivity index (χ2n) is 12.2. The van der Waals surface area contributed by atoms with Crippen LogP contribution >= 0.6 is 0 Å². The molecule has 2 heterocycles. The normalized spacial score (nSPS) is 14.9. The van der Waals surface area contributed by atoms with Crippen LogP contribution < -0.4 is 10.3 Å². The fourth-order valence-electron chi connectivity index (χ4n) is 4.90. The third-order valence-electron chi connectivity index (χ3n) is 7.52. The molecule has 0 spiro atoms. The van der Waals surface area contributed by atoms with E-state index in [1.807, 2.05) is 30.3 Å². The van der Waals surface area contributed by atoms with Crippen molar-refractivity contribution in [3.8, 4) is 5.75 Å². The van der Waals surface area contributed by atoms with E-state index in [1.54, 1.807) is 39.0 Å². The molecular weight excluding hydrogens is 628 g/mol. The van der Waals surface area contributed by atoms with Crippen LogP contribution in [0.1, 0.15) is 68.0 Å². The Morgan fingerprint density at radius 1 is 1.04 bits per heavy atom. The average Bonchev–Trinajstić information content (AvgIpc) is 3.55. The first-order chi connectivity index (χ1) is 22.3. The van der Waals surface area contributed by atoms with E-state index in [0.717, 1.165) is 10.5 Å². The molecule has 14 heteroatoms. The summed E-state index contributed by atoms with van der Waals surface area (Å²) in [6.45, 7) is 4.41. The zero-order chi connectivity index (χ0) is 34.2. The first-order valence-electron chi connectivity index (χ1n) is 15.3. The Hall–Kier alpha value is -4.56. The number of aromatic nitrogens is 2. The predicted molar refractivity (Wildman–Crippen MR) is 171 cm³/mol. The Labute approximate surface area is 273 Å². The molecule has 2 aromatic carbocycles. The number of benzene rings is 2. The van der Waals surface area contributed by atoms with Crippen LogP contribution in [0.4, 0.5) is 4.79 Å². The van der Waals surface area contributed by atoms with Crippen LogP contribution in [0, 0.1) is 5.41 Å². The van der Waals surface area contributed by atoms with Gasteiger partial charge < -0.3 is 24.5 Å². The summed E-state index contributed by atoms with van der Waals surface area (Å²) in [6.07, 6.45) is 0.444. The zero-order valence-electron chi connectivity index (χ0n) is 26.7. The molecule has 252 valence electrons. The van der Waals surface area contributed by atoms with Crippen LogP contribution in [-0.2, 0) is 26.0 Å². The van der Waals surface area contributed by atoms with E-state index >= 15 is 0 Å². The lowest BCUT2D eigenvalue weighted by molar-refractivity contribution is -0.143. The van der Waals surface area contributed by atoms with Crippen molar-refractivity contribution in [2.45, 2.75) is 57.6 Å². The lowest BCUT2D eigenvalue weighted by atomic mass is 9.97. The molecule has 13 nitrogen and oxygen atoms in total. The maximum Gasteiger partial charge on any atom is 0.410 e. The molecule has 0 saturated carbocycles. The number of carbonyl (C=O) groups excluding carboxylic acids is 3. The summed E-state index contributed by atoms with van der Waals surface area (Å²) in [7, 11) is -3.80. The fourth-order valence-corrected chi connectivity index (χ4v) is 6.17. The molecule has 1 aromatic heterocycles. The molecule has 0 radical (unpaired) electrons. The molecule has 1 saturated heterocycles. The minimum atomic E-state index is -3.80. The van der Waals surface area contributed by atoms with Gasteiger partial charge in [0.1, 0.15) is 12.4 Å². The maximum atomic E-state index is 14.1. The van der Waals surface area contributed by atoms with Crippen molar-refractivity contribution in [2.24, 2.45) is 5.41 Å². The van der Waals surface area contributed by atoms with Crippen LogP contribution in [0.3, 0.4) is 0 Å².